The van der Waals surface area contributed by atoms with Gasteiger partial charge in [0.2, 0.25) is 0 Å². The normalized spacial score (nSPS) is 15.0. The second-order valence-electron chi connectivity index (χ2n) is 6.21. The van der Waals surface area contributed by atoms with E-state index >= 15 is 0 Å². The minimum absolute atomic E-state index is 0.167. The first-order valence-electron chi connectivity index (χ1n) is 8.35. The van der Waals surface area contributed by atoms with Crippen LogP contribution in [0.4, 0.5) is 17.1 Å². The summed E-state index contributed by atoms with van der Waals surface area (Å²) in [4.78, 5) is 20.9. The molecule has 1 saturated heterocycles. The van der Waals surface area contributed by atoms with E-state index < -0.39 is 0 Å². The number of nitrogens with one attached hydrogen (secondary N) is 2. The minimum atomic E-state index is -0.167. The molecule has 1 aliphatic rings. The van der Waals surface area contributed by atoms with Crippen LogP contribution in [0.3, 0.4) is 0 Å². The average molecular weight is 394 g/mol. The van der Waals surface area contributed by atoms with Crippen molar-refractivity contribution in [2.75, 3.05) is 50.5 Å². The Hall–Kier alpha value is -2.02. The fraction of sp³-hybridized carbons (Fsp3) is 0.333. The highest BCUT2D eigenvalue weighted by Crippen LogP contribution is 2.31. The zero-order valence-corrected chi connectivity index (χ0v) is 16.2. The van der Waals surface area contributed by atoms with E-state index in [-0.39, 0.29) is 5.91 Å². The number of hydrogen-bond acceptors (Lipinski definition) is 5. The fourth-order valence-electron chi connectivity index (χ4n) is 2.88. The van der Waals surface area contributed by atoms with Crippen molar-refractivity contribution in [2.45, 2.75) is 0 Å². The summed E-state index contributed by atoms with van der Waals surface area (Å²) < 4.78 is 0. The first-order valence-corrected chi connectivity index (χ1v) is 9.11. The summed E-state index contributed by atoms with van der Waals surface area (Å²) in [6.45, 7) is 3.87. The van der Waals surface area contributed by atoms with Gasteiger partial charge in [-0.15, -0.1) is 0 Å². The molecule has 1 aromatic carbocycles. The average Bonchev–Trinajstić information content (AvgIpc) is 2.65. The summed E-state index contributed by atoms with van der Waals surface area (Å²) in [5.41, 5.74) is 2.84. The standard InChI is InChI=1S/C18H21Cl2N5O/c1-21-18(26)13-9-12(25-7-5-24(2)6-8-25)3-4-15(13)23-16-10-17(20)22-11-14(16)19/h3-4,9-11H,5-8H2,1-2H3,(H,21,26)(H,22,23). The SMILES string of the molecule is CNC(=O)c1cc(N2CCN(C)CC2)ccc1Nc1cc(Cl)ncc1Cl. The molecule has 1 amide bonds. The van der Waals surface area contributed by atoms with Gasteiger partial charge in [-0.1, -0.05) is 23.2 Å². The largest absolute Gasteiger partial charge is 0.369 e. The van der Waals surface area contributed by atoms with Gasteiger partial charge in [0, 0.05) is 51.2 Å². The van der Waals surface area contributed by atoms with E-state index in [0.717, 1.165) is 31.9 Å². The summed E-state index contributed by atoms with van der Waals surface area (Å²) in [5.74, 6) is -0.167. The molecule has 0 saturated carbocycles. The van der Waals surface area contributed by atoms with Gasteiger partial charge in [0.15, 0.2) is 0 Å². The van der Waals surface area contributed by atoms with Gasteiger partial charge in [-0.2, -0.15) is 0 Å². The zero-order valence-electron chi connectivity index (χ0n) is 14.7. The van der Waals surface area contributed by atoms with Crippen LogP contribution in [0, 0.1) is 0 Å². The van der Waals surface area contributed by atoms with Crippen molar-refractivity contribution in [3.05, 3.63) is 46.2 Å². The molecule has 8 heteroatoms. The van der Waals surface area contributed by atoms with Crippen LogP contribution < -0.4 is 15.5 Å². The number of aromatic nitrogens is 1. The Kier molecular flexibility index (Phi) is 5.86. The number of halogens is 2. The Morgan fingerprint density at radius 1 is 1.12 bits per heavy atom. The molecule has 6 nitrogen and oxygen atoms in total. The third-order valence-corrected chi connectivity index (χ3v) is 4.94. The van der Waals surface area contributed by atoms with Gasteiger partial charge in [0.1, 0.15) is 5.15 Å². The molecule has 2 aromatic rings. The first kappa shape index (κ1) is 18.8. The molecular weight excluding hydrogens is 373 g/mol. The topological polar surface area (TPSA) is 60.5 Å². The van der Waals surface area contributed by atoms with Crippen LogP contribution in [0.2, 0.25) is 10.2 Å². The Bertz CT molecular complexity index is 806. The van der Waals surface area contributed by atoms with Gasteiger partial charge >= 0.3 is 0 Å². The number of rotatable bonds is 4. The molecule has 1 aliphatic heterocycles. The van der Waals surface area contributed by atoms with Crippen molar-refractivity contribution in [1.29, 1.82) is 0 Å². The molecule has 0 spiro atoms. The van der Waals surface area contributed by atoms with Gasteiger partial charge in [-0.25, -0.2) is 4.98 Å². The molecule has 26 heavy (non-hydrogen) atoms. The van der Waals surface area contributed by atoms with E-state index in [2.05, 4.69) is 32.5 Å². The highest BCUT2D eigenvalue weighted by Gasteiger charge is 2.18. The van der Waals surface area contributed by atoms with E-state index in [1.165, 1.54) is 6.20 Å². The van der Waals surface area contributed by atoms with Gasteiger partial charge < -0.3 is 20.4 Å². The fourth-order valence-corrected chi connectivity index (χ4v) is 3.19. The summed E-state index contributed by atoms with van der Waals surface area (Å²) >= 11 is 12.1. The minimum Gasteiger partial charge on any atom is -0.369 e. The van der Waals surface area contributed by atoms with Crippen LogP contribution in [-0.2, 0) is 0 Å². The number of amides is 1. The second-order valence-corrected chi connectivity index (χ2v) is 7.01. The smallest absolute Gasteiger partial charge is 0.253 e. The van der Waals surface area contributed by atoms with Crippen molar-refractivity contribution in [2.24, 2.45) is 0 Å². The Morgan fingerprint density at radius 3 is 2.54 bits per heavy atom. The molecule has 2 N–H and O–H groups in total. The van der Waals surface area contributed by atoms with Gasteiger partial charge in [0.25, 0.3) is 5.91 Å². The summed E-state index contributed by atoms with van der Waals surface area (Å²) in [5, 5.41) is 6.64. The lowest BCUT2D eigenvalue weighted by molar-refractivity contribution is 0.0964. The molecule has 2 heterocycles. The molecule has 3 rings (SSSR count). The van der Waals surface area contributed by atoms with Crippen molar-refractivity contribution < 1.29 is 4.79 Å². The number of carbonyl (C=O) groups excluding carboxylic acids is 1. The second kappa shape index (κ2) is 8.12. The molecular formula is C18H21Cl2N5O. The number of piperazine rings is 1. The maximum absolute atomic E-state index is 12.4. The predicted octanol–water partition coefficient (Wildman–Crippen LogP) is 3.24. The number of carbonyl (C=O) groups is 1. The number of anilines is 3. The van der Waals surface area contributed by atoms with Crippen LogP contribution in [0.1, 0.15) is 10.4 Å². The lowest BCUT2D eigenvalue weighted by Gasteiger charge is -2.34. The van der Waals surface area contributed by atoms with Crippen LogP contribution in [-0.4, -0.2) is 56.1 Å². The summed E-state index contributed by atoms with van der Waals surface area (Å²) in [6.07, 6.45) is 1.48. The van der Waals surface area contributed by atoms with E-state index in [1.807, 2.05) is 18.2 Å². The lowest BCUT2D eigenvalue weighted by atomic mass is 10.1. The van der Waals surface area contributed by atoms with E-state index in [9.17, 15) is 4.79 Å². The molecule has 138 valence electrons. The Labute approximate surface area is 163 Å². The van der Waals surface area contributed by atoms with Crippen LogP contribution >= 0.6 is 23.2 Å². The lowest BCUT2D eigenvalue weighted by Crippen LogP contribution is -2.44. The number of likely N-dealkylation sites (N-methyl/N-ethyl adjacent to an activating group) is 1. The molecule has 0 atom stereocenters. The number of hydrogen-bond donors (Lipinski definition) is 2. The summed E-state index contributed by atoms with van der Waals surface area (Å²) in [7, 11) is 3.73. The van der Waals surface area contributed by atoms with E-state index in [0.29, 0.717) is 27.1 Å². The zero-order chi connectivity index (χ0) is 18.7. The van der Waals surface area contributed by atoms with Crippen LogP contribution in [0.5, 0.6) is 0 Å². The summed E-state index contributed by atoms with van der Waals surface area (Å²) in [6, 6.07) is 7.44. The third-order valence-electron chi connectivity index (χ3n) is 4.43. The molecule has 1 aromatic heterocycles. The van der Waals surface area contributed by atoms with Crippen molar-refractivity contribution in [1.82, 2.24) is 15.2 Å². The highest BCUT2D eigenvalue weighted by atomic mass is 35.5. The van der Waals surface area contributed by atoms with Crippen molar-refractivity contribution in [3.8, 4) is 0 Å². The highest BCUT2D eigenvalue weighted by molar-refractivity contribution is 6.34. The van der Waals surface area contributed by atoms with Gasteiger partial charge in [0.05, 0.1) is 22.0 Å². The maximum atomic E-state index is 12.4. The van der Waals surface area contributed by atoms with Crippen LogP contribution in [0.25, 0.3) is 0 Å². The monoisotopic (exact) mass is 393 g/mol. The maximum Gasteiger partial charge on any atom is 0.253 e. The molecule has 0 radical (unpaired) electrons. The van der Waals surface area contributed by atoms with Crippen molar-refractivity contribution in [3.63, 3.8) is 0 Å². The predicted molar refractivity (Wildman–Crippen MR) is 107 cm³/mol. The van der Waals surface area contributed by atoms with E-state index in [4.69, 9.17) is 23.2 Å². The van der Waals surface area contributed by atoms with Crippen LogP contribution in [0.15, 0.2) is 30.5 Å². The quantitative estimate of drug-likeness (QED) is 0.780. The number of nitrogens with zero attached hydrogens (tertiary/aromatic N) is 3. The van der Waals surface area contributed by atoms with Gasteiger partial charge in [-0.3, -0.25) is 4.79 Å². The Morgan fingerprint density at radius 2 is 1.85 bits per heavy atom. The van der Waals surface area contributed by atoms with Crippen molar-refractivity contribution >= 4 is 46.2 Å². The molecule has 1 fully saturated rings. The number of benzene rings is 1. The first-order chi connectivity index (χ1) is 12.5. The Balaban J connectivity index is 1.92. The van der Waals surface area contributed by atoms with E-state index in [1.54, 1.807) is 13.1 Å². The molecule has 0 unspecified atom stereocenters. The third kappa shape index (κ3) is 4.20. The number of pyridine rings is 1. The molecule has 0 aliphatic carbocycles. The molecule has 0 bridgehead atoms. The van der Waals surface area contributed by atoms with Gasteiger partial charge in [-0.05, 0) is 25.2 Å².